The number of hydrogen-bond acceptors (Lipinski definition) is 2. The third-order valence-corrected chi connectivity index (χ3v) is 2.80. The van der Waals surface area contributed by atoms with Crippen molar-refractivity contribution in [3.05, 3.63) is 66.0 Å². The average molecular weight is 255 g/mol. The van der Waals surface area contributed by atoms with Gasteiger partial charge in [-0.1, -0.05) is 30.3 Å². The molecule has 0 aliphatic rings. The molecular formula is C15H17N3O. The Morgan fingerprint density at radius 3 is 2.47 bits per heavy atom. The lowest BCUT2D eigenvalue weighted by Gasteiger charge is -2.18. The van der Waals surface area contributed by atoms with Crippen molar-refractivity contribution in [1.82, 2.24) is 15.2 Å². The van der Waals surface area contributed by atoms with Crippen LogP contribution in [0.5, 0.6) is 0 Å². The minimum absolute atomic E-state index is 0.0827. The summed E-state index contributed by atoms with van der Waals surface area (Å²) < 4.78 is 0. The van der Waals surface area contributed by atoms with Crippen molar-refractivity contribution in [1.29, 1.82) is 0 Å². The van der Waals surface area contributed by atoms with E-state index in [1.165, 1.54) is 0 Å². The number of hydrogen-bond donors (Lipinski definition) is 1. The number of nitrogens with zero attached hydrogens (tertiary/aromatic N) is 2. The Labute approximate surface area is 113 Å². The Hall–Kier alpha value is -2.36. The topological polar surface area (TPSA) is 45.2 Å². The summed E-state index contributed by atoms with van der Waals surface area (Å²) in [5, 5.41) is 2.89. The van der Waals surface area contributed by atoms with Crippen LogP contribution in [0.25, 0.3) is 0 Å². The zero-order chi connectivity index (χ0) is 13.5. The van der Waals surface area contributed by atoms with E-state index < -0.39 is 0 Å². The highest BCUT2D eigenvalue weighted by molar-refractivity contribution is 5.73. The summed E-state index contributed by atoms with van der Waals surface area (Å²) in [6.07, 6.45) is 3.45. The van der Waals surface area contributed by atoms with Crippen molar-refractivity contribution in [3.63, 3.8) is 0 Å². The summed E-state index contributed by atoms with van der Waals surface area (Å²) in [6.45, 7) is 1.11. The molecule has 0 radical (unpaired) electrons. The minimum atomic E-state index is -0.0827. The van der Waals surface area contributed by atoms with Gasteiger partial charge in [-0.3, -0.25) is 4.98 Å². The number of carbonyl (C=O) groups is 1. The number of amides is 2. The molecular weight excluding hydrogens is 238 g/mol. The third-order valence-electron chi connectivity index (χ3n) is 2.80. The van der Waals surface area contributed by atoms with Crippen LogP contribution in [-0.4, -0.2) is 23.0 Å². The molecule has 2 aromatic rings. The van der Waals surface area contributed by atoms with Gasteiger partial charge < -0.3 is 10.2 Å². The van der Waals surface area contributed by atoms with E-state index in [1.54, 1.807) is 24.3 Å². The van der Waals surface area contributed by atoms with Gasteiger partial charge in [-0.2, -0.15) is 0 Å². The molecule has 98 valence electrons. The van der Waals surface area contributed by atoms with Gasteiger partial charge in [-0.05, 0) is 23.3 Å². The van der Waals surface area contributed by atoms with Crippen LogP contribution in [0.3, 0.4) is 0 Å². The maximum absolute atomic E-state index is 11.9. The van der Waals surface area contributed by atoms with Crippen LogP contribution in [-0.2, 0) is 13.1 Å². The Balaban J connectivity index is 1.83. The first-order chi connectivity index (χ1) is 9.25. The lowest BCUT2D eigenvalue weighted by molar-refractivity contribution is 0.206. The summed E-state index contributed by atoms with van der Waals surface area (Å²) in [7, 11) is 1.78. The van der Waals surface area contributed by atoms with E-state index in [9.17, 15) is 4.79 Å². The molecule has 4 heteroatoms. The van der Waals surface area contributed by atoms with Crippen LogP contribution in [0.1, 0.15) is 11.1 Å². The van der Waals surface area contributed by atoms with Gasteiger partial charge >= 0.3 is 6.03 Å². The van der Waals surface area contributed by atoms with Gasteiger partial charge in [-0.25, -0.2) is 4.79 Å². The SMILES string of the molecule is CN(Cc1ccncc1)C(=O)NCc1ccccc1. The first-order valence-electron chi connectivity index (χ1n) is 6.17. The highest BCUT2D eigenvalue weighted by atomic mass is 16.2. The van der Waals surface area contributed by atoms with E-state index in [0.29, 0.717) is 13.1 Å². The summed E-state index contributed by atoms with van der Waals surface area (Å²) in [4.78, 5) is 17.5. The van der Waals surface area contributed by atoms with Crippen LogP contribution < -0.4 is 5.32 Å². The molecule has 0 atom stereocenters. The lowest BCUT2D eigenvalue weighted by atomic mass is 10.2. The number of aromatic nitrogens is 1. The fraction of sp³-hybridized carbons (Fsp3) is 0.200. The van der Waals surface area contributed by atoms with E-state index in [4.69, 9.17) is 0 Å². The van der Waals surface area contributed by atoms with Crippen LogP contribution in [0.4, 0.5) is 4.79 Å². The predicted octanol–water partition coefficient (Wildman–Crippen LogP) is 2.42. The zero-order valence-electron chi connectivity index (χ0n) is 10.9. The maximum atomic E-state index is 11.9. The average Bonchev–Trinajstić information content (AvgIpc) is 2.47. The van der Waals surface area contributed by atoms with Gasteiger partial charge in [0.25, 0.3) is 0 Å². The minimum Gasteiger partial charge on any atom is -0.334 e. The molecule has 2 amide bonds. The standard InChI is InChI=1S/C15H17N3O/c1-18(12-14-7-9-16-10-8-14)15(19)17-11-13-5-3-2-4-6-13/h2-10H,11-12H2,1H3,(H,17,19). The molecule has 1 heterocycles. The van der Waals surface area contributed by atoms with Gasteiger partial charge in [-0.15, -0.1) is 0 Å². The largest absolute Gasteiger partial charge is 0.334 e. The van der Waals surface area contributed by atoms with Crippen LogP contribution in [0.15, 0.2) is 54.9 Å². The van der Waals surface area contributed by atoms with Gasteiger partial charge in [0, 0.05) is 32.5 Å². The summed E-state index contributed by atoms with van der Waals surface area (Å²) in [5.74, 6) is 0. The number of pyridine rings is 1. The second kappa shape index (κ2) is 6.54. The molecule has 0 aliphatic heterocycles. The second-order valence-corrected chi connectivity index (χ2v) is 4.36. The van der Waals surface area contributed by atoms with Crippen molar-refractivity contribution in [3.8, 4) is 0 Å². The molecule has 0 fully saturated rings. The molecule has 0 spiro atoms. The predicted molar refractivity (Wildman–Crippen MR) is 74.4 cm³/mol. The maximum Gasteiger partial charge on any atom is 0.317 e. The zero-order valence-corrected chi connectivity index (χ0v) is 10.9. The lowest BCUT2D eigenvalue weighted by Crippen LogP contribution is -2.36. The monoisotopic (exact) mass is 255 g/mol. The quantitative estimate of drug-likeness (QED) is 0.912. The van der Waals surface area contributed by atoms with Crippen molar-refractivity contribution in [2.24, 2.45) is 0 Å². The number of rotatable bonds is 4. The van der Waals surface area contributed by atoms with Gasteiger partial charge in [0.05, 0.1) is 0 Å². The van der Waals surface area contributed by atoms with Crippen molar-refractivity contribution in [2.45, 2.75) is 13.1 Å². The van der Waals surface area contributed by atoms with Crippen molar-refractivity contribution < 1.29 is 4.79 Å². The van der Waals surface area contributed by atoms with Crippen molar-refractivity contribution in [2.75, 3.05) is 7.05 Å². The fourth-order valence-electron chi connectivity index (χ4n) is 1.74. The molecule has 0 saturated heterocycles. The summed E-state index contributed by atoms with van der Waals surface area (Å²) in [5.41, 5.74) is 2.15. The first kappa shape index (κ1) is 13.1. The number of carbonyl (C=O) groups excluding carboxylic acids is 1. The fourth-order valence-corrected chi connectivity index (χ4v) is 1.74. The third kappa shape index (κ3) is 4.10. The summed E-state index contributed by atoms with van der Waals surface area (Å²) in [6, 6.07) is 13.6. The molecule has 1 aromatic carbocycles. The Morgan fingerprint density at radius 2 is 1.79 bits per heavy atom. The molecule has 0 unspecified atom stereocenters. The van der Waals surface area contributed by atoms with Gasteiger partial charge in [0.2, 0.25) is 0 Å². The van der Waals surface area contributed by atoms with E-state index in [1.807, 2.05) is 42.5 Å². The Bertz CT molecular complexity index is 513. The second-order valence-electron chi connectivity index (χ2n) is 4.36. The van der Waals surface area contributed by atoms with E-state index in [0.717, 1.165) is 11.1 Å². The van der Waals surface area contributed by atoms with Crippen LogP contribution in [0, 0.1) is 0 Å². The van der Waals surface area contributed by atoms with E-state index in [-0.39, 0.29) is 6.03 Å². The number of benzene rings is 1. The summed E-state index contributed by atoms with van der Waals surface area (Å²) >= 11 is 0. The molecule has 2 rings (SSSR count). The van der Waals surface area contributed by atoms with E-state index in [2.05, 4.69) is 10.3 Å². The molecule has 0 bridgehead atoms. The normalized spacial score (nSPS) is 9.95. The Kier molecular flexibility index (Phi) is 4.50. The molecule has 19 heavy (non-hydrogen) atoms. The number of urea groups is 1. The van der Waals surface area contributed by atoms with Crippen LogP contribution in [0.2, 0.25) is 0 Å². The highest BCUT2D eigenvalue weighted by Crippen LogP contribution is 2.02. The highest BCUT2D eigenvalue weighted by Gasteiger charge is 2.08. The molecule has 4 nitrogen and oxygen atoms in total. The first-order valence-corrected chi connectivity index (χ1v) is 6.17. The number of nitrogens with one attached hydrogen (secondary N) is 1. The smallest absolute Gasteiger partial charge is 0.317 e. The van der Waals surface area contributed by atoms with Crippen molar-refractivity contribution >= 4 is 6.03 Å². The molecule has 1 aromatic heterocycles. The van der Waals surface area contributed by atoms with E-state index >= 15 is 0 Å². The molecule has 0 aliphatic carbocycles. The molecule has 0 saturated carbocycles. The van der Waals surface area contributed by atoms with Crippen LogP contribution >= 0.6 is 0 Å². The van der Waals surface area contributed by atoms with Gasteiger partial charge in [0.15, 0.2) is 0 Å². The Morgan fingerprint density at radius 1 is 1.11 bits per heavy atom. The van der Waals surface area contributed by atoms with Gasteiger partial charge in [0.1, 0.15) is 0 Å². The molecule has 1 N–H and O–H groups in total.